The number of nitrogens with one attached hydrogen (secondary N) is 1. The number of hydrogen-bond acceptors (Lipinski definition) is 5. The summed E-state index contributed by atoms with van der Waals surface area (Å²) >= 11 is 5.81. The van der Waals surface area contributed by atoms with Crippen molar-refractivity contribution in [2.24, 2.45) is 7.05 Å². The molecule has 0 radical (unpaired) electrons. The van der Waals surface area contributed by atoms with E-state index < -0.39 is 5.91 Å². The van der Waals surface area contributed by atoms with E-state index in [0.29, 0.717) is 16.5 Å². The first-order valence-corrected chi connectivity index (χ1v) is 6.40. The molecule has 0 atom stereocenters. The Morgan fingerprint density at radius 1 is 1.24 bits per heavy atom. The number of rotatable bonds is 3. The first-order chi connectivity index (χ1) is 10.1. The lowest BCUT2D eigenvalue weighted by Gasteiger charge is -1.96. The van der Waals surface area contributed by atoms with Crippen LogP contribution in [0.5, 0.6) is 0 Å². The third-order valence-electron chi connectivity index (χ3n) is 2.68. The monoisotopic (exact) mass is 303 g/mol. The Kier molecular flexibility index (Phi) is 3.41. The average Bonchev–Trinajstić information content (AvgIpc) is 3.09. The zero-order chi connectivity index (χ0) is 14.8. The van der Waals surface area contributed by atoms with Crippen LogP contribution in [0.1, 0.15) is 10.5 Å². The topological polar surface area (TPSA) is 85.8 Å². The maximum Gasteiger partial charge on any atom is 0.322 e. The predicted molar refractivity (Wildman–Crippen MR) is 75.9 cm³/mol. The quantitative estimate of drug-likeness (QED) is 0.803. The summed E-state index contributed by atoms with van der Waals surface area (Å²) < 4.78 is 6.91. The normalized spacial score (nSPS) is 10.6. The van der Waals surface area contributed by atoms with E-state index in [4.69, 9.17) is 16.0 Å². The lowest BCUT2D eigenvalue weighted by atomic mass is 10.2. The summed E-state index contributed by atoms with van der Waals surface area (Å²) in [5, 5.41) is 14.7. The van der Waals surface area contributed by atoms with Gasteiger partial charge in [0.25, 0.3) is 5.91 Å². The fourth-order valence-corrected chi connectivity index (χ4v) is 1.81. The van der Waals surface area contributed by atoms with E-state index in [1.807, 2.05) is 0 Å². The van der Waals surface area contributed by atoms with Crippen LogP contribution in [0.25, 0.3) is 11.5 Å². The number of carbonyl (C=O) groups is 1. The van der Waals surface area contributed by atoms with Crippen molar-refractivity contribution >= 4 is 23.5 Å². The van der Waals surface area contributed by atoms with Crippen molar-refractivity contribution < 1.29 is 9.21 Å². The molecule has 3 aromatic rings. The van der Waals surface area contributed by atoms with Crippen LogP contribution in [-0.4, -0.2) is 25.9 Å². The van der Waals surface area contributed by atoms with Crippen molar-refractivity contribution in [1.82, 2.24) is 20.0 Å². The van der Waals surface area contributed by atoms with Crippen LogP contribution in [0, 0.1) is 0 Å². The molecular formula is C13H10ClN5O2. The second-order valence-corrected chi connectivity index (χ2v) is 4.68. The lowest BCUT2D eigenvalue weighted by molar-refractivity contribution is 0.101. The lowest BCUT2D eigenvalue weighted by Crippen LogP contribution is -2.13. The minimum Gasteiger partial charge on any atom is -0.403 e. The van der Waals surface area contributed by atoms with Gasteiger partial charge in [-0.05, 0) is 30.3 Å². The molecule has 0 saturated heterocycles. The Hall–Kier alpha value is -2.67. The molecule has 0 aliphatic heterocycles. The molecule has 7 nitrogen and oxygen atoms in total. The van der Waals surface area contributed by atoms with Crippen molar-refractivity contribution in [2.45, 2.75) is 0 Å². The van der Waals surface area contributed by atoms with E-state index in [1.54, 1.807) is 43.6 Å². The van der Waals surface area contributed by atoms with Crippen LogP contribution >= 0.6 is 11.6 Å². The number of anilines is 1. The second-order valence-electron chi connectivity index (χ2n) is 4.25. The fourth-order valence-electron chi connectivity index (χ4n) is 1.68. The molecule has 0 spiro atoms. The fraction of sp³-hybridized carbons (Fsp3) is 0.0769. The van der Waals surface area contributed by atoms with Gasteiger partial charge in [0.1, 0.15) is 0 Å². The van der Waals surface area contributed by atoms with Crippen LogP contribution in [0.15, 0.2) is 40.9 Å². The van der Waals surface area contributed by atoms with Crippen molar-refractivity contribution in [3.8, 4) is 11.5 Å². The van der Waals surface area contributed by atoms with Gasteiger partial charge in [0, 0.05) is 23.8 Å². The molecule has 0 saturated carbocycles. The number of amides is 1. The summed E-state index contributed by atoms with van der Waals surface area (Å²) in [7, 11) is 1.72. The summed E-state index contributed by atoms with van der Waals surface area (Å²) in [4.78, 5) is 11.9. The van der Waals surface area contributed by atoms with Crippen LogP contribution in [0.2, 0.25) is 5.02 Å². The second kappa shape index (κ2) is 5.37. The van der Waals surface area contributed by atoms with Crippen molar-refractivity contribution in [2.75, 3.05) is 5.32 Å². The number of halogens is 1. The number of benzene rings is 1. The minimum atomic E-state index is -0.415. The molecule has 2 heterocycles. The summed E-state index contributed by atoms with van der Waals surface area (Å²) in [6.45, 7) is 0. The van der Waals surface area contributed by atoms with Crippen molar-refractivity contribution in [3.05, 3.63) is 47.2 Å². The van der Waals surface area contributed by atoms with Gasteiger partial charge in [-0.15, -0.1) is 5.10 Å². The third-order valence-corrected chi connectivity index (χ3v) is 2.93. The number of carbonyl (C=O) groups excluding carboxylic acids is 1. The highest BCUT2D eigenvalue weighted by molar-refractivity contribution is 6.30. The van der Waals surface area contributed by atoms with E-state index in [1.165, 1.54) is 4.68 Å². The third kappa shape index (κ3) is 2.92. The molecule has 0 bridgehead atoms. The first-order valence-electron chi connectivity index (χ1n) is 6.02. The van der Waals surface area contributed by atoms with Crippen molar-refractivity contribution in [3.63, 3.8) is 0 Å². The summed E-state index contributed by atoms with van der Waals surface area (Å²) in [5.74, 6) is -0.120. The molecule has 0 aliphatic carbocycles. The molecule has 3 rings (SSSR count). The summed E-state index contributed by atoms with van der Waals surface area (Å²) in [5.41, 5.74) is 0.981. The highest BCUT2D eigenvalue weighted by Gasteiger charge is 2.14. The SMILES string of the molecule is Cn1ccc(C(=O)Nc2nnc(-c3ccc(Cl)cc3)o2)n1. The smallest absolute Gasteiger partial charge is 0.322 e. The number of hydrogen-bond donors (Lipinski definition) is 1. The van der Waals surface area contributed by atoms with Crippen LogP contribution < -0.4 is 5.32 Å². The van der Waals surface area contributed by atoms with Gasteiger partial charge < -0.3 is 4.42 Å². The van der Waals surface area contributed by atoms with E-state index in [-0.39, 0.29) is 11.7 Å². The zero-order valence-electron chi connectivity index (χ0n) is 10.9. The Morgan fingerprint density at radius 3 is 2.67 bits per heavy atom. The maximum absolute atomic E-state index is 11.9. The molecule has 0 aliphatic rings. The highest BCUT2D eigenvalue weighted by atomic mass is 35.5. The van der Waals surface area contributed by atoms with Gasteiger partial charge in [-0.25, -0.2) is 0 Å². The molecule has 0 fully saturated rings. The van der Waals surface area contributed by atoms with E-state index >= 15 is 0 Å². The molecule has 1 amide bonds. The molecule has 2 aromatic heterocycles. The Labute approximate surface area is 124 Å². The minimum absolute atomic E-state index is 0.00982. The van der Waals surface area contributed by atoms with Gasteiger partial charge in [0.05, 0.1) is 0 Å². The van der Waals surface area contributed by atoms with Gasteiger partial charge in [-0.1, -0.05) is 16.7 Å². The molecule has 1 aromatic carbocycles. The Balaban J connectivity index is 1.76. The van der Waals surface area contributed by atoms with Crippen molar-refractivity contribution in [1.29, 1.82) is 0 Å². The van der Waals surface area contributed by atoms with Gasteiger partial charge >= 0.3 is 6.01 Å². The molecular weight excluding hydrogens is 294 g/mol. The van der Waals surface area contributed by atoms with Gasteiger partial charge in [0.15, 0.2) is 5.69 Å². The highest BCUT2D eigenvalue weighted by Crippen LogP contribution is 2.21. The molecule has 8 heteroatoms. The number of aromatic nitrogens is 4. The number of nitrogens with zero attached hydrogens (tertiary/aromatic N) is 4. The summed E-state index contributed by atoms with van der Waals surface area (Å²) in [6, 6.07) is 8.53. The van der Waals surface area contributed by atoms with Gasteiger partial charge in [-0.3, -0.25) is 14.8 Å². The molecule has 21 heavy (non-hydrogen) atoms. The maximum atomic E-state index is 11.9. The number of aryl methyl sites for hydroxylation is 1. The van der Waals surface area contributed by atoms with Crippen LogP contribution in [0.4, 0.5) is 6.01 Å². The Bertz CT molecular complexity index is 778. The van der Waals surface area contributed by atoms with Gasteiger partial charge in [-0.2, -0.15) is 5.10 Å². The Morgan fingerprint density at radius 2 is 2.00 bits per heavy atom. The summed E-state index contributed by atoms with van der Waals surface area (Å²) in [6.07, 6.45) is 1.67. The molecule has 106 valence electrons. The van der Waals surface area contributed by atoms with E-state index in [9.17, 15) is 4.79 Å². The van der Waals surface area contributed by atoms with E-state index in [2.05, 4.69) is 20.6 Å². The first kappa shape index (κ1) is 13.3. The average molecular weight is 304 g/mol. The van der Waals surface area contributed by atoms with E-state index in [0.717, 1.165) is 0 Å². The molecule has 1 N–H and O–H groups in total. The largest absolute Gasteiger partial charge is 0.403 e. The van der Waals surface area contributed by atoms with Crippen LogP contribution in [-0.2, 0) is 7.05 Å². The van der Waals surface area contributed by atoms with Crippen LogP contribution in [0.3, 0.4) is 0 Å². The molecule has 0 unspecified atom stereocenters. The predicted octanol–water partition coefficient (Wildman–Crippen LogP) is 2.38. The standard InChI is InChI=1S/C13H10ClN5O2/c1-19-7-6-10(18-19)11(20)15-13-17-16-12(21-13)8-2-4-9(14)5-3-8/h2-7H,1H3,(H,15,17,20). The van der Waals surface area contributed by atoms with Gasteiger partial charge in [0.2, 0.25) is 5.89 Å². The zero-order valence-corrected chi connectivity index (χ0v) is 11.7.